The third-order valence-corrected chi connectivity index (χ3v) is 2.47. The molecule has 1 aromatic carbocycles. The van der Waals surface area contributed by atoms with Crippen LogP contribution in [0.3, 0.4) is 0 Å². The van der Waals surface area contributed by atoms with E-state index in [4.69, 9.17) is 9.63 Å². The second-order valence-electron chi connectivity index (χ2n) is 3.77. The van der Waals surface area contributed by atoms with Gasteiger partial charge in [-0.3, -0.25) is 0 Å². The fourth-order valence-corrected chi connectivity index (χ4v) is 1.50. The Morgan fingerprint density at radius 3 is 2.72 bits per heavy atom. The summed E-state index contributed by atoms with van der Waals surface area (Å²) in [5.41, 5.74) is 0.288. The Morgan fingerprint density at radius 1 is 1.44 bits per heavy atom. The third-order valence-electron chi connectivity index (χ3n) is 2.47. The normalized spacial score (nSPS) is 12.3. The van der Waals surface area contributed by atoms with Crippen LogP contribution < -0.4 is 0 Å². The van der Waals surface area contributed by atoms with Crippen LogP contribution in [0.1, 0.15) is 29.1 Å². The first-order valence-electron chi connectivity index (χ1n) is 5.16. The Morgan fingerprint density at radius 2 is 2.17 bits per heavy atom. The quantitative estimate of drug-likeness (QED) is 0.876. The van der Waals surface area contributed by atoms with Gasteiger partial charge in [-0.2, -0.15) is 0 Å². The maximum Gasteiger partial charge on any atom is 0.358 e. The van der Waals surface area contributed by atoms with Gasteiger partial charge >= 0.3 is 5.97 Å². The molecule has 94 valence electrons. The number of aromatic nitrogens is 1. The molecule has 2 N–H and O–H groups in total. The molecule has 0 aliphatic carbocycles. The number of carboxylic acid groups (broad SMARTS) is 1. The average Bonchev–Trinajstić information content (AvgIpc) is 2.78. The Hall–Kier alpha value is -2.37. The van der Waals surface area contributed by atoms with Gasteiger partial charge in [-0.15, -0.1) is 0 Å². The largest absolute Gasteiger partial charge is 0.507 e. The molecule has 1 heterocycles. The van der Waals surface area contributed by atoms with Crippen LogP contribution in [-0.2, 0) is 0 Å². The maximum absolute atomic E-state index is 13.2. The number of nitrogens with zero attached hydrogens (tertiary/aromatic N) is 1. The van der Waals surface area contributed by atoms with Gasteiger partial charge in [0.2, 0.25) is 0 Å². The first-order chi connectivity index (χ1) is 8.49. The van der Waals surface area contributed by atoms with Crippen LogP contribution in [0.15, 0.2) is 28.8 Å². The highest BCUT2D eigenvalue weighted by Gasteiger charge is 2.16. The van der Waals surface area contributed by atoms with E-state index in [2.05, 4.69) is 5.16 Å². The van der Waals surface area contributed by atoms with Gasteiger partial charge in [0, 0.05) is 6.07 Å². The second kappa shape index (κ2) is 4.48. The molecule has 6 heteroatoms. The van der Waals surface area contributed by atoms with E-state index in [9.17, 15) is 14.3 Å². The molecule has 1 aromatic heterocycles. The van der Waals surface area contributed by atoms with Gasteiger partial charge in [0.15, 0.2) is 11.5 Å². The zero-order chi connectivity index (χ0) is 13.3. The summed E-state index contributed by atoms with van der Waals surface area (Å²) in [6.45, 7) is 1.36. The number of aromatic carboxylic acids is 1. The topological polar surface area (TPSA) is 83.6 Å². The van der Waals surface area contributed by atoms with Crippen LogP contribution in [0, 0.1) is 0 Å². The lowest BCUT2D eigenvalue weighted by Gasteiger charge is -2.05. The van der Waals surface area contributed by atoms with Crippen molar-refractivity contribution < 1.29 is 23.9 Å². The first kappa shape index (κ1) is 12.1. The number of carbonyl (C=O) groups is 1. The van der Waals surface area contributed by atoms with Crippen molar-refractivity contribution in [2.24, 2.45) is 0 Å². The van der Waals surface area contributed by atoms with Gasteiger partial charge in [-0.05, 0) is 24.6 Å². The summed E-state index contributed by atoms with van der Waals surface area (Å²) in [6, 6.07) is 5.33. The van der Waals surface area contributed by atoms with E-state index in [1.165, 1.54) is 31.2 Å². The summed E-state index contributed by atoms with van der Waals surface area (Å²) in [6.07, 6.45) is -1.20. The number of aromatic hydroxyl groups is 1. The molecule has 5 nitrogen and oxygen atoms in total. The predicted molar refractivity (Wildman–Crippen MR) is 60.1 cm³/mol. The van der Waals surface area contributed by atoms with Crippen molar-refractivity contribution in [3.8, 4) is 17.1 Å². The van der Waals surface area contributed by atoms with Gasteiger partial charge in [-0.25, -0.2) is 9.18 Å². The van der Waals surface area contributed by atoms with E-state index in [1.807, 2.05) is 0 Å². The average molecular weight is 251 g/mol. The van der Waals surface area contributed by atoms with Crippen molar-refractivity contribution in [1.82, 2.24) is 5.16 Å². The zero-order valence-corrected chi connectivity index (χ0v) is 9.42. The number of phenols is 1. The van der Waals surface area contributed by atoms with Crippen LogP contribution >= 0.6 is 0 Å². The lowest BCUT2D eigenvalue weighted by atomic mass is 10.0. The van der Waals surface area contributed by atoms with E-state index in [1.54, 1.807) is 0 Å². The monoisotopic (exact) mass is 251 g/mol. The molecule has 0 radical (unpaired) electrons. The molecule has 0 amide bonds. The van der Waals surface area contributed by atoms with E-state index in [0.717, 1.165) is 0 Å². The molecular weight excluding hydrogens is 241 g/mol. The fourth-order valence-electron chi connectivity index (χ4n) is 1.50. The maximum atomic E-state index is 13.2. The van der Waals surface area contributed by atoms with Crippen molar-refractivity contribution in [2.45, 2.75) is 13.1 Å². The molecule has 0 bridgehead atoms. The van der Waals surface area contributed by atoms with Crippen molar-refractivity contribution in [3.63, 3.8) is 0 Å². The van der Waals surface area contributed by atoms with Gasteiger partial charge in [0.25, 0.3) is 0 Å². The standard InChI is InChI=1S/C12H10FNO4/c1-6(13)7-2-3-10(15)8(4-7)11-5-9(12(16)17)14-18-11/h2-6,15H,1H3,(H,16,17). The molecule has 0 spiro atoms. The number of phenolic OH excluding ortho intramolecular Hbond substituents is 1. The van der Waals surface area contributed by atoms with Crippen LogP contribution in [-0.4, -0.2) is 21.3 Å². The van der Waals surface area contributed by atoms with Gasteiger partial charge < -0.3 is 14.7 Å². The van der Waals surface area contributed by atoms with Crippen LogP contribution in [0.5, 0.6) is 5.75 Å². The minimum atomic E-state index is -1.24. The van der Waals surface area contributed by atoms with Crippen molar-refractivity contribution in [1.29, 1.82) is 0 Å². The summed E-state index contributed by atoms with van der Waals surface area (Å²) in [7, 11) is 0. The van der Waals surface area contributed by atoms with Gasteiger partial charge in [0.05, 0.1) is 5.56 Å². The smallest absolute Gasteiger partial charge is 0.358 e. The van der Waals surface area contributed by atoms with E-state index < -0.39 is 12.1 Å². The van der Waals surface area contributed by atoms with E-state index in [0.29, 0.717) is 5.56 Å². The molecule has 2 aromatic rings. The second-order valence-corrected chi connectivity index (χ2v) is 3.77. The molecule has 0 fully saturated rings. The summed E-state index contributed by atoms with van der Waals surface area (Å²) >= 11 is 0. The molecule has 1 atom stereocenters. The summed E-state index contributed by atoms with van der Waals surface area (Å²) in [5.74, 6) is -1.29. The van der Waals surface area contributed by atoms with E-state index >= 15 is 0 Å². The highest BCUT2D eigenvalue weighted by molar-refractivity contribution is 5.86. The Kier molecular flexibility index (Phi) is 3.01. The minimum Gasteiger partial charge on any atom is -0.507 e. The number of hydrogen-bond donors (Lipinski definition) is 2. The highest BCUT2D eigenvalue weighted by atomic mass is 19.1. The SMILES string of the molecule is CC(F)c1ccc(O)c(-c2cc(C(=O)O)no2)c1. The molecular formula is C12H10FNO4. The molecule has 0 aliphatic rings. The number of hydrogen-bond acceptors (Lipinski definition) is 4. The molecule has 18 heavy (non-hydrogen) atoms. The van der Waals surface area contributed by atoms with Gasteiger partial charge in [-0.1, -0.05) is 11.2 Å². The summed E-state index contributed by atoms with van der Waals surface area (Å²) < 4.78 is 18.0. The molecule has 1 unspecified atom stereocenters. The minimum absolute atomic E-state index is 0.0763. The lowest BCUT2D eigenvalue weighted by molar-refractivity contribution is 0.0686. The number of halogens is 1. The lowest BCUT2D eigenvalue weighted by Crippen LogP contribution is -1.94. The molecule has 0 saturated heterocycles. The molecule has 2 rings (SSSR count). The summed E-state index contributed by atoms with van der Waals surface area (Å²) in [5, 5.41) is 21.7. The van der Waals surface area contributed by atoms with E-state index in [-0.39, 0.29) is 22.8 Å². The van der Waals surface area contributed by atoms with Gasteiger partial charge in [0.1, 0.15) is 11.9 Å². The zero-order valence-electron chi connectivity index (χ0n) is 9.42. The predicted octanol–water partition coefficient (Wildman–Crippen LogP) is 2.78. The number of benzene rings is 1. The van der Waals surface area contributed by atoms with Crippen LogP contribution in [0.4, 0.5) is 4.39 Å². The third kappa shape index (κ3) is 2.17. The Balaban J connectivity index is 2.48. The Labute approximate surface area is 101 Å². The van der Waals surface area contributed by atoms with Crippen molar-refractivity contribution in [3.05, 3.63) is 35.5 Å². The molecule has 0 saturated carbocycles. The fraction of sp³-hybridized carbons (Fsp3) is 0.167. The number of carboxylic acids is 1. The van der Waals surface area contributed by atoms with Crippen molar-refractivity contribution >= 4 is 5.97 Å². The van der Waals surface area contributed by atoms with Crippen LogP contribution in [0.2, 0.25) is 0 Å². The van der Waals surface area contributed by atoms with Crippen LogP contribution in [0.25, 0.3) is 11.3 Å². The molecule has 0 aliphatic heterocycles. The van der Waals surface area contributed by atoms with Crippen molar-refractivity contribution in [2.75, 3.05) is 0 Å². The number of rotatable bonds is 3. The highest BCUT2D eigenvalue weighted by Crippen LogP contribution is 2.32. The number of alkyl halides is 1. The first-order valence-corrected chi connectivity index (χ1v) is 5.16. The Bertz CT molecular complexity index is 592. The summed E-state index contributed by atoms with van der Waals surface area (Å²) in [4.78, 5) is 10.7.